The molecule has 2 aliphatic rings. The average molecular weight is 1510 g/mol. The van der Waals surface area contributed by atoms with Gasteiger partial charge in [0, 0.05) is 43.7 Å². The number of hydrogen-bond donors (Lipinski definition) is 1. The second kappa shape index (κ2) is 28.1. The zero-order valence-electron chi connectivity index (χ0n) is 63.4. The summed E-state index contributed by atoms with van der Waals surface area (Å²) >= 11 is 3.51. The van der Waals surface area contributed by atoms with E-state index >= 15 is 0 Å². The summed E-state index contributed by atoms with van der Waals surface area (Å²) in [5, 5.41) is 24.2. The molecule has 22 rings (SSSR count). The van der Waals surface area contributed by atoms with Crippen LogP contribution in [0.3, 0.4) is 0 Å². The molecular weight excluding hydrogens is 1430 g/mol. The second-order valence-corrected chi connectivity index (χ2v) is 32.1. The van der Waals surface area contributed by atoms with Gasteiger partial charge in [0.15, 0.2) is 0 Å². The fraction of sp³-hybridized carbons (Fsp3) is 0.0545. The zero-order valence-corrected chi connectivity index (χ0v) is 65.0. The maximum Gasteiger partial charge on any atom is 0.0465 e. The number of halogens is 1. The van der Waals surface area contributed by atoms with E-state index in [1.165, 1.54) is 175 Å². The number of hydrogen-bond acceptors (Lipinski definition) is 2. The Morgan fingerprint density at radius 1 is 0.204 bits per heavy atom. The molecule has 20 aromatic carbocycles. The van der Waals surface area contributed by atoms with Crippen LogP contribution in [-0.4, -0.2) is 0 Å². The molecule has 113 heavy (non-hydrogen) atoms. The fourth-order valence-electron chi connectivity index (χ4n) is 18.3. The Kier molecular flexibility index (Phi) is 17.1. The first-order valence-electron chi connectivity index (χ1n) is 39.2. The molecule has 536 valence electrons. The van der Waals surface area contributed by atoms with Crippen LogP contribution in [0.1, 0.15) is 49.9 Å². The summed E-state index contributed by atoms with van der Waals surface area (Å²) in [6.07, 6.45) is 0. The van der Waals surface area contributed by atoms with Crippen molar-refractivity contribution in [3.63, 3.8) is 0 Å². The van der Waals surface area contributed by atoms with Crippen LogP contribution >= 0.6 is 15.9 Å². The van der Waals surface area contributed by atoms with Crippen molar-refractivity contribution in [2.24, 2.45) is 0 Å². The summed E-state index contributed by atoms with van der Waals surface area (Å²) in [4.78, 5) is 2.42. The molecule has 1 N–H and O–H groups in total. The fourth-order valence-corrected chi connectivity index (χ4v) is 18.6. The maximum absolute atomic E-state index is 3.64. The molecular formula is C110H79BrN2. The van der Waals surface area contributed by atoms with Gasteiger partial charge in [-0.2, -0.15) is 0 Å². The SMILES string of the molecule is Brc1ccc(-c2cc3ccccc3c3ccccc23)cc1.CC1(C)c2ccccc2-c2ccc(N(c3ccc(-c4cc5ccccc5c5ccccc45)cc3)c3ccc(-c4cc5ccccc5c5ccccc45)cc3)cc21.CC1(C)c2ccccc2-c2ccc(Nc3ccc(-c4cc5ccccc5c5ccccc45)cc3)cc21. The highest BCUT2D eigenvalue weighted by Crippen LogP contribution is 2.53. The first kappa shape index (κ1) is 68.8. The van der Waals surface area contributed by atoms with Crippen LogP contribution in [0.25, 0.3) is 153 Å². The largest absolute Gasteiger partial charge is 0.356 e. The molecule has 3 heteroatoms. The molecule has 0 saturated heterocycles. The first-order chi connectivity index (χ1) is 55.4. The smallest absolute Gasteiger partial charge is 0.0465 e. The minimum absolute atomic E-state index is 0.00458. The van der Waals surface area contributed by atoms with E-state index in [1.807, 2.05) is 0 Å². The third-order valence-electron chi connectivity index (χ3n) is 24.0. The summed E-state index contributed by atoms with van der Waals surface area (Å²) in [7, 11) is 0. The standard InChI is InChI=1S/C55H39N.C35H27N.C20H13Br/c1-55(2)53-22-12-11-21-49(53)50-32-31-42(35-54(50)55)56(40-27-23-36(24-28-40)51-33-38-13-3-5-15-43(38)45-17-7-9-19-47(45)51)41-29-25-37(26-30-41)52-34-39-14-4-6-16-44(39)46-18-8-10-20-48(46)52;1-35(2)33-14-8-7-13-30(33)31-20-19-26(22-34(31)35)36-25-17-15-23(16-18-25)32-21-24-9-3-4-10-27(24)28-11-5-6-12-29(28)32;21-16-11-9-14(10-12-16)20-13-15-5-1-2-6-17(15)18-7-3-4-8-19(18)20/h3-35H,1-2H3;3-22,36H,1-2H3;1-13H. The van der Waals surface area contributed by atoms with Crippen molar-refractivity contribution in [2.45, 2.75) is 38.5 Å². The predicted molar refractivity (Wildman–Crippen MR) is 488 cm³/mol. The van der Waals surface area contributed by atoms with Crippen LogP contribution in [0.5, 0.6) is 0 Å². The highest BCUT2D eigenvalue weighted by Gasteiger charge is 2.37. The van der Waals surface area contributed by atoms with Gasteiger partial charge in [0.2, 0.25) is 0 Å². The van der Waals surface area contributed by atoms with E-state index in [0.29, 0.717) is 0 Å². The molecule has 0 amide bonds. The average Bonchev–Trinajstić information content (AvgIpc) is 1.57. The Balaban J connectivity index is 0.000000123. The lowest BCUT2D eigenvalue weighted by molar-refractivity contribution is 0.660. The van der Waals surface area contributed by atoms with Gasteiger partial charge in [-0.15, -0.1) is 0 Å². The molecule has 2 nitrogen and oxygen atoms in total. The van der Waals surface area contributed by atoms with Gasteiger partial charge in [-0.25, -0.2) is 0 Å². The van der Waals surface area contributed by atoms with Crippen molar-refractivity contribution in [2.75, 3.05) is 10.2 Å². The number of benzene rings is 20. The van der Waals surface area contributed by atoms with Crippen molar-refractivity contribution in [1.82, 2.24) is 0 Å². The summed E-state index contributed by atoms with van der Waals surface area (Å²) in [5.41, 5.74) is 26.4. The van der Waals surface area contributed by atoms with Gasteiger partial charge in [0.05, 0.1) is 0 Å². The van der Waals surface area contributed by atoms with Crippen LogP contribution in [0, 0.1) is 0 Å². The van der Waals surface area contributed by atoms with Crippen molar-refractivity contribution in [3.8, 4) is 66.8 Å². The molecule has 0 bridgehead atoms. The van der Waals surface area contributed by atoms with E-state index in [2.05, 4.69) is 454 Å². The quantitative estimate of drug-likeness (QED) is 0.145. The van der Waals surface area contributed by atoms with Gasteiger partial charge in [0.25, 0.3) is 0 Å². The van der Waals surface area contributed by atoms with Gasteiger partial charge in [0.1, 0.15) is 0 Å². The Morgan fingerprint density at radius 2 is 0.469 bits per heavy atom. The van der Waals surface area contributed by atoms with Gasteiger partial charge in [-0.1, -0.05) is 347 Å². The molecule has 0 fully saturated rings. The Morgan fingerprint density at radius 3 is 0.841 bits per heavy atom. The van der Waals surface area contributed by atoms with Crippen LogP contribution in [-0.2, 0) is 10.8 Å². The number of rotatable bonds is 9. The zero-order chi connectivity index (χ0) is 75.9. The molecule has 0 heterocycles. The maximum atomic E-state index is 3.64. The van der Waals surface area contributed by atoms with Crippen LogP contribution in [0.4, 0.5) is 28.4 Å². The summed E-state index contributed by atoms with van der Waals surface area (Å²) in [6, 6.07) is 146. The molecule has 0 aromatic heterocycles. The van der Waals surface area contributed by atoms with Crippen molar-refractivity contribution >= 4 is 131 Å². The monoisotopic (exact) mass is 1510 g/mol. The van der Waals surface area contributed by atoms with E-state index in [9.17, 15) is 0 Å². The van der Waals surface area contributed by atoms with Crippen molar-refractivity contribution in [1.29, 1.82) is 0 Å². The first-order valence-corrected chi connectivity index (χ1v) is 40.0. The van der Waals surface area contributed by atoms with Crippen LogP contribution < -0.4 is 10.2 Å². The van der Waals surface area contributed by atoms with E-state index in [4.69, 9.17) is 0 Å². The molecule has 20 aromatic rings. The molecule has 0 atom stereocenters. The third kappa shape index (κ3) is 12.2. The van der Waals surface area contributed by atoms with Crippen LogP contribution in [0.15, 0.2) is 405 Å². The van der Waals surface area contributed by atoms with Crippen LogP contribution in [0.2, 0.25) is 0 Å². The molecule has 0 spiro atoms. The van der Waals surface area contributed by atoms with E-state index in [0.717, 1.165) is 32.9 Å². The van der Waals surface area contributed by atoms with Gasteiger partial charge >= 0.3 is 0 Å². The minimum Gasteiger partial charge on any atom is -0.356 e. The third-order valence-corrected chi connectivity index (χ3v) is 24.5. The normalized spacial score (nSPS) is 12.8. The molecule has 2 aliphatic carbocycles. The molecule has 0 radical (unpaired) electrons. The van der Waals surface area contributed by atoms with Gasteiger partial charge in [-0.05, 0) is 272 Å². The number of nitrogens with one attached hydrogen (secondary N) is 1. The minimum atomic E-state index is -0.102. The van der Waals surface area contributed by atoms with E-state index in [1.54, 1.807) is 0 Å². The predicted octanol–water partition coefficient (Wildman–Crippen LogP) is 31.5. The van der Waals surface area contributed by atoms with Gasteiger partial charge in [-0.3, -0.25) is 0 Å². The lowest BCUT2D eigenvalue weighted by Gasteiger charge is -2.28. The number of fused-ring (bicyclic) bond motifs is 18. The Hall–Kier alpha value is -13.4. The molecule has 0 saturated carbocycles. The molecule has 0 unspecified atom stereocenters. The lowest BCUT2D eigenvalue weighted by atomic mass is 9.82. The van der Waals surface area contributed by atoms with Gasteiger partial charge < -0.3 is 10.2 Å². The number of nitrogens with zero attached hydrogens (tertiary/aromatic N) is 1. The highest BCUT2D eigenvalue weighted by atomic mass is 79.9. The lowest BCUT2D eigenvalue weighted by Crippen LogP contribution is -2.16. The summed E-state index contributed by atoms with van der Waals surface area (Å²) in [5.74, 6) is 0. The number of anilines is 5. The summed E-state index contributed by atoms with van der Waals surface area (Å²) in [6.45, 7) is 9.36. The Labute approximate surface area is 668 Å². The highest BCUT2D eigenvalue weighted by molar-refractivity contribution is 9.10. The topological polar surface area (TPSA) is 15.3 Å². The summed E-state index contributed by atoms with van der Waals surface area (Å²) < 4.78 is 1.11. The second-order valence-electron chi connectivity index (χ2n) is 31.2. The van der Waals surface area contributed by atoms with E-state index < -0.39 is 0 Å². The van der Waals surface area contributed by atoms with Crippen molar-refractivity contribution < 1.29 is 0 Å². The Bertz CT molecular complexity index is 6970. The van der Waals surface area contributed by atoms with Crippen molar-refractivity contribution in [3.05, 3.63) is 427 Å². The molecule has 0 aliphatic heterocycles. The van der Waals surface area contributed by atoms with E-state index in [-0.39, 0.29) is 10.8 Å².